The summed E-state index contributed by atoms with van der Waals surface area (Å²) in [6, 6.07) is 9.34. The Kier molecular flexibility index (Phi) is 5.26. The molecule has 28 heavy (non-hydrogen) atoms. The molecule has 9 heteroatoms. The van der Waals surface area contributed by atoms with Crippen molar-refractivity contribution >= 4 is 17.3 Å². The van der Waals surface area contributed by atoms with Crippen molar-refractivity contribution in [2.24, 2.45) is 0 Å². The fraction of sp³-hybridized carbons (Fsp3) is 0.316. The van der Waals surface area contributed by atoms with Crippen LogP contribution >= 0.6 is 0 Å². The van der Waals surface area contributed by atoms with E-state index in [1.165, 1.54) is 24.3 Å². The Labute approximate surface area is 159 Å². The molecule has 0 bridgehead atoms. The second-order valence-corrected chi connectivity index (χ2v) is 6.59. The molecule has 0 radical (unpaired) electrons. The van der Waals surface area contributed by atoms with E-state index in [1.807, 2.05) is 0 Å². The molecule has 2 aromatic carbocycles. The number of nitrogens with zero attached hydrogens (tertiary/aromatic N) is 3. The normalized spacial score (nSPS) is 14.9. The highest BCUT2D eigenvalue weighted by atomic mass is 19.4. The van der Waals surface area contributed by atoms with Gasteiger partial charge in [-0.15, -0.1) is 0 Å². The lowest BCUT2D eigenvalue weighted by atomic mass is 10.1. The molecule has 148 valence electrons. The monoisotopic (exact) mass is 393 g/mol. The number of nitro groups is 1. The van der Waals surface area contributed by atoms with E-state index in [2.05, 4.69) is 0 Å². The number of rotatable bonds is 3. The lowest BCUT2D eigenvalue weighted by molar-refractivity contribution is -0.385. The average Bonchev–Trinajstić information content (AvgIpc) is 2.66. The van der Waals surface area contributed by atoms with Crippen LogP contribution in [0.25, 0.3) is 0 Å². The van der Waals surface area contributed by atoms with Gasteiger partial charge in [-0.1, -0.05) is 6.07 Å². The van der Waals surface area contributed by atoms with Gasteiger partial charge in [-0.3, -0.25) is 14.9 Å². The third-order valence-electron chi connectivity index (χ3n) is 4.75. The molecular formula is C19H18F3N3O3. The lowest BCUT2D eigenvalue weighted by Gasteiger charge is -2.36. The lowest BCUT2D eigenvalue weighted by Crippen LogP contribution is -2.48. The molecule has 1 aliphatic rings. The molecule has 1 aliphatic heterocycles. The second-order valence-electron chi connectivity index (χ2n) is 6.59. The summed E-state index contributed by atoms with van der Waals surface area (Å²) in [5, 5.41) is 10.9. The van der Waals surface area contributed by atoms with E-state index in [9.17, 15) is 28.1 Å². The van der Waals surface area contributed by atoms with E-state index < -0.39 is 16.7 Å². The molecule has 0 atom stereocenters. The molecule has 0 saturated carbocycles. The number of hydrogen-bond donors (Lipinski definition) is 0. The predicted molar refractivity (Wildman–Crippen MR) is 97.4 cm³/mol. The fourth-order valence-corrected chi connectivity index (χ4v) is 3.22. The summed E-state index contributed by atoms with van der Waals surface area (Å²) in [6.45, 7) is 3.08. The van der Waals surface area contributed by atoms with Gasteiger partial charge in [0.05, 0.1) is 10.5 Å². The molecule has 3 rings (SSSR count). The van der Waals surface area contributed by atoms with Crippen LogP contribution in [0.1, 0.15) is 21.5 Å². The molecular weight excluding hydrogens is 375 g/mol. The van der Waals surface area contributed by atoms with E-state index in [0.29, 0.717) is 43.0 Å². The van der Waals surface area contributed by atoms with Crippen LogP contribution in [0.3, 0.4) is 0 Å². The Morgan fingerprint density at radius 1 is 1.07 bits per heavy atom. The third kappa shape index (κ3) is 4.08. The highest BCUT2D eigenvalue weighted by molar-refractivity contribution is 5.95. The summed E-state index contributed by atoms with van der Waals surface area (Å²) in [5.74, 6) is -0.248. The zero-order valence-electron chi connectivity index (χ0n) is 15.1. The number of anilines is 1. The first-order valence-corrected chi connectivity index (χ1v) is 8.63. The van der Waals surface area contributed by atoms with Gasteiger partial charge < -0.3 is 9.80 Å². The quantitative estimate of drug-likeness (QED) is 0.586. The molecule has 1 fully saturated rings. The van der Waals surface area contributed by atoms with E-state index in [1.54, 1.807) is 22.8 Å². The van der Waals surface area contributed by atoms with Gasteiger partial charge in [0.2, 0.25) is 0 Å². The molecule has 6 nitrogen and oxygen atoms in total. The SMILES string of the molecule is Cc1cc(C(=O)N2CCN(c3cccc(C(F)(F)F)c3)CC2)ccc1[N+](=O)[O-]. The second kappa shape index (κ2) is 7.49. The number of hydrogen-bond acceptors (Lipinski definition) is 4. The van der Waals surface area contributed by atoms with Crippen molar-refractivity contribution < 1.29 is 22.9 Å². The summed E-state index contributed by atoms with van der Waals surface area (Å²) in [4.78, 5) is 26.5. The maximum Gasteiger partial charge on any atom is 0.416 e. The molecule has 0 aliphatic carbocycles. The van der Waals surface area contributed by atoms with Crippen LogP contribution in [0.2, 0.25) is 0 Å². The van der Waals surface area contributed by atoms with Crippen LogP contribution in [-0.2, 0) is 6.18 Å². The van der Waals surface area contributed by atoms with Crippen LogP contribution < -0.4 is 4.90 Å². The smallest absolute Gasteiger partial charge is 0.368 e. The predicted octanol–water partition coefficient (Wildman–Crippen LogP) is 3.88. The Morgan fingerprint density at radius 3 is 2.32 bits per heavy atom. The van der Waals surface area contributed by atoms with Crippen LogP contribution in [0.15, 0.2) is 42.5 Å². The van der Waals surface area contributed by atoms with Gasteiger partial charge in [0.1, 0.15) is 0 Å². The molecule has 0 unspecified atom stereocenters. The summed E-state index contributed by atoms with van der Waals surface area (Å²) < 4.78 is 38.7. The van der Waals surface area contributed by atoms with Crippen molar-refractivity contribution in [1.82, 2.24) is 4.90 Å². The molecule has 0 aromatic heterocycles. The number of nitro benzene ring substituents is 1. The van der Waals surface area contributed by atoms with Crippen molar-refractivity contribution in [3.05, 3.63) is 69.3 Å². The topological polar surface area (TPSA) is 66.7 Å². The molecule has 0 N–H and O–H groups in total. The first-order chi connectivity index (χ1) is 13.2. The summed E-state index contributed by atoms with van der Waals surface area (Å²) in [7, 11) is 0. The van der Waals surface area contributed by atoms with E-state index in [4.69, 9.17) is 0 Å². The Balaban J connectivity index is 1.68. The van der Waals surface area contributed by atoms with Crippen molar-refractivity contribution in [1.29, 1.82) is 0 Å². The summed E-state index contributed by atoms with van der Waals surface area (Å²) in [6.07, 6.45) is -4.40. The van der Waals surface area contributed by atoms with E-state index in [0.717, 1.165) is 12.1 Å². The summed E-state index contributed by atoms with van der Waals surface area (Å²) in [5.41, 5.74) is 0.470. The van der Waals surface area contributed by atoms with Gasteiger partial charge in [0.15, 0.2) is 0 Å². The third-order valence-corrected chi connectivity index (χ3v) is 4.75. The number of amides is 1. The fourth-order valence-electron chi connectivity index (χ4n) is 3.22. The van der Waals surface area contributed by atoms with E-state index >= 15 is 0 Å². The van der Waals surface area contributed by atoms with Gasteiger partial charge >= 0.3 is 6.18 Å². The Hall–Kier alpha value is -3.10. The van der Waals surface area contributed by atoms with Gasteiger partial charge in [-0.25, -0.2) is 0 Å². The van der Waals surface area contributed by atoms with E-state index in [-0.39, 0.29) is 11.6 Å². The average molecular weight is 393 g/mol. The maximum absolute atomic E-state index is 12.9. The minimum absolute atomic E-state index is 0.0501. The maximum atomic E-state index is 12.9. The molecule has 2 aromatic rings. The number of piperazine rings is 1. The highest BCUT2D eigenvalue weighted by Crippen LogP contribution is 2.32. The van der Waals surface area contributed by atoms with Crippen molar-refractivity contribution in [3.63, 3.8) is 0 Å². The molecule has 1 amide bonds. The van der Waals surface area contributed by atoms with Gasteiger partial charge in [-0.2, -0.15) is 13.2 Å². The largest absolute Gasteiger partial charge is 0.416 e. The number of benzene rings is 2. The van der Waals surface area contributed by atoms with Crippen LogP contribution in [0, 0.1) is 17.0 Å². The van der Waals surface area contributed by atoms with Gasteiger partial charge in [0, 0.05) is 49.1 Å². The number of carbonyl (C=O) groups excluding carboxylic acids is 1. The highest BCUT2D eigenvalue weighted by Gasteiger charge is 2.31. The van der Waals surface area contributed by atoms with Crippen molar-refractivity contribution in [2.45, 2.75) is 13.1 Å². The van der Waals surface area contributed by atoms with Gasteiger partial charge in [0.25, 0.3) is 11.6 Å². The molecule has 0 spiro atoms. The first kappa shape index (κ1) is 19.7. The van der Waals surface area contributed by atoms with Crippen LogP contribution in [0.5, 0.6) is 0 Å². The Morgan fingerprint density at radius 2 is 1.75 bits per heavy atom. The Bertz CT molecular complexity index is 907. The molecule has 1 heterocycles. The number of aryl methyl sites for hydroxylation is 1. The van der Waals surface area contributed by atoms with Gasteiger partial charge in [-0.05, 0) is 37.3 Å². The minimum atomic E-state index is -4.40. The summed E-state index contributed by atoms with van der Waals surface area (Å²) >= 11 is 0. The van der Waals surface area contributed by atoms with Crippen LogP contribution in [0.4, 0.5) is 24.5 Å². The minimum Gasteiger partial charge on any atom is -0.368 e. The van der Waals surface area contributed by atoms with Crippen LogP contribution in [-0.4, -0.2) is 41.9 Å². The number of halogens is 3. The van der Waals surface area contributed by atoms with Crippen molar-refractivity contribution in [3.8, 4) is 0 Å². The number of alkyl halides is 3. The standard InChI is InChI=1S/C19H18F3N3O3/c1-13-11-14(5-6-17(13)25(27)28)18(26)24-9-7-23(8-10-24)16-4-2-3-15(12-16)19(20,21)22/h2-6,11-12H,7-10H2,1H3. The number of carbonyl (C=O) groups is 1. The zero-order chi connectivity index (χ0) is 20.5. The zero-order valence-corrected chi connectivity index (χ0v) is 15.1. The first-order valence-electron chi connectivity index (χ1n) is 8.63. The molecule has 1 saturated heterocycles. The van der Waals surface area contributed by atoms with Crippen molar-refractivity contribution in [2.75, 3.05) is 31.1 Å².